The van der Waals surface area contributed by atoms with Gasteiger partial charge < -0.3 is 9.47 Å². The van der Waals surface area contributed by atoms with E-state index >= 15 is 0 Å². The van der Waals surface area contributed by atoms with Crippen LogP contribution in [0.5, 0.6) is 11.5 Å². The largest absolute Gasteiger partial charge is 0.494 e. The topological polar surface area (TPSA) is 60.2 Å². The molecule has 0 radical (unpaired) electrons. The number of halogens is 1. The molecule has 0 amide bonds. The van der Waals surface area contributed by atoms with Crippen LogP contribution in [0.1, 0.15) is 68.6 Å². The zero-order chi connectivity index (χ0) is 27.3. The van der Waals surface area contributed by atoms with E-state index in [0.29, 0.717) is 17.9 Å². The van der Waals surface area contributed by atoms with Crippen LogP contribution in [0.25, 0.3) is 10.8 Å². The number of carbonyl (C=O) groups excluding carboxylic acids is 1. The second kappa shape index (κ2) is 15.0. The lowest BCUT2D eigenvalue weighted by Crippen LogP contribution is -2.08. The van der Waals surface area contributed by atoms with Crippen molar-refractivity contribution in [3.63, 3.8) is 0 Å². The van der Waals surface area contributed by atoms with Crippen molar-refractivity contribution in [1.29, 1.82) is 0 Å². The maximum atomic E-state index is 12.6. The Labute approximate surface area is 235 Å². The zero-order valence-corrected chi connectivity index (χ0v) is 23.2. The molecular formula is C33H35ClN2O3. The maximum Gasteiger partial charge on any atom is 0.343 e. The molecular weight excluding hydrogens is 508 g/mol. The Balaban J connectivity index is 1.23. The molecule has 0 aliphatic carbocycles. The molecule has 0 fully saturated rings. The fourth-order valence-electron chi connectivity index (χ4n) is 4.26. The Morgan fingerprint density at radius 2 is 1.36 bits per heavy atom. The standard InChI is InChI=1S/C33H35ClN2O3/c1-2-3-4-5-6-7-8-11-22-38-30-19-15-26(16-20-30)33(37)39-32-21-18-29(24-31(32)34)36-35-28-17-14-25-12-9-10-13-27(25)23-28/h9-10,12-21,23-24H,2-8,11,22H2,1H3. The minimum Gasteiger partial charge on any atom is -0.494 e. The van der Waals surface area contributed by atoms with Crippen LogP contribution in [-0.4, -0.2) is 12.6 Å². The van der Waals surface area contributed by atoms with Gasteiger partial charge in [-0.15, -0.1) is 0 Å². The lowest BCUT2D eigenvalue weighted by Gasteiger charge is -2.09. The van der Waals surface area contributed by atoms with Gasteiger partial charge >= 0.3 is 5.97 Å². The Morgan fingerprint density at radius 3 is 2.08 bits per heavy atom. The Kier molecular flexibility index (Phi) is 10.9. The molecule has 39 heavy (non-hydrogen) atoms. The number of unbranched alkanes of at least 4 members (excludes halogenated alkanes) is 7. The third-order valence-electron chi connectivity index (χ3n) is 6.49. The van der Waals surface area contributed by atoms with Crippen molar-refractivity contribution >= 4 is 39.7 Å². The van der Waals surface area contributed by atoms with Gasteiger partial charge in [-0.2, -0.15) is 10.2 Å². The van der Waals surface area contributed by atoms with Crippen LogP contribution in [0.15, 0.2) is 95.2 Å². The highest BCUT2D eigenvalue weighted by Crippen LogP contribution is 2.31. The van der Waals surface area contributed by atoms with Gasteiger partial charge in [0.25, 0.3) is 0 Å². The maximum absolute atomic E-state index is 12.6. The summed E-state index contributed by atoms with van der Waals surface area (Å²) in [5, 5.41) is 11.1. The zero-order valence-electron chi connectivity index (χ0n) is 22.4. The van der Waals surface area contributed by atoms with Crippen molar-refractivity contribution in [2.45, 2.75) is 58.3 Å². The highest BCUT2D eigenvalue weighted by molar-refractivity contribution is 6.32. The first-order chi connectivity index (χ1) is 19.1. The van der Waals surface area contributed by atoms with Crippen LogP contribution in [-0.2, 0) is 0 Å². The lowest BCUT2D eigenvalue weighted by molar-refractivity contribution is 0.0735. The number of hydrogen-bond donors (Lipinski definition) is 0. The molecule has 0 unspecified atom stereocenters. The second-order valence-electron chi connectivity index (χ2n) is 9.58. The van der Waals surface area contributed by atoms with Gasteiger partial charge in [0.05, 0.1) is 28.6 Å². The predicted octanol–water partition coefficient (Wildman–Crippen LogP) is 10.6. The molecule has 0 atom stereocenters. The molecule has 5 nitrogen and oxygen atoms in total. The van der Waals surface area contributed by atoms with Gasteiger partial charge in [-0.3, -0.25) is 0 Å². The van der Waals surface area contributed by atoms with Gasteiger partial charge in [0.2, 0.25) is 0 Å². The lowest BCUT2D eigenvalue weighted by atomic mass is 10.1. The first kappa shape index (κ1) is 28.3. The van der Waals surface area contributed by atoms with Gasteiger partial charge in [-0.05, 0) is 71.8 Å². The van der Waals surface area contributed by atoms with Crippen molar-refractivity contribution in [3.8, 4) is 11.5 Å². The number of hydrogen-bond acceptors (Lipinski definition) is 5. The van der Waals surface area contributed by atoms with Gasteiger partial charge in [-0.25, -0.2) is 4.79 Å². The molecule has 4 aromatic carbocycles. The first-order valence-electron chi connectivity index (χ1n) is 13.8. The summed E-state index contributed by atoms with van der Waals surface area (Å²) in [6.07, 6.45) is 10.1. The minimum absolute atomic E-state index is 0.265. The Bertz CT molecular complexity index is 1390. The number of ether oxygens (including phenoxy) is 2. The summed E-state index contributed by atoms with van der Waals surface area (Å²) in [7, 11) is 0. The average molecular weight is 543 g/mol. The van der Waals surface area contributed by atoms with E-state index in [-0.39, 0.29) is 10.8 Å². The first-order valence-corrected chi connectivity index (χ1v) is 14.2. The number of rotatable bonds is 14. The Morgan fingerprint density at radius 1 is 0.718 bits per heavy atom. The van der Waals surface area contributed by atoms with Crippen molar-refractivity contribution < 1.29 is 14.3 Å². The van der Waals surface area contributed by atoms with Crippen LogP contribution in [0.3, 0.4) is 0 Å². The third-order valence-corrected chi connectivity index (χ3v) is 6.78. The average Bonchev–Trinajstić information content (AvgIpc) is 2.96. The third kappa shape index (κ3) is 8.93. The van der Waals surface area contributed by atoms with E-state index < -0.39 is 5.97 Å². The number of nitrogens with zero attached hydrogens (tertiary/aromatic N) is 2. The molecule has 0 aliphatic rings. The summed E-state index contributed by atoms with van der Waals surface area (Å²) in [5.41, 5.74) is 1.72. The number of carbonyl (C=O) groups is 1. The fraction of sp³-hybridized carbons (Fsp3) is 0.303. The van der Waals surface area contributed by atoms with Crippen molar-refractivity contribution in [2.75, 3.05) is 6.61 Å². The van der Waals surface area contributed by atoms with Crippen LogP contribution in [0, 0.1) is 0 Å². The normalized spacial score (nSPS) is 11.2. The minimum atomic E-state index is -0.489. The van der Waals surface area contributed by atoms with E-state index in [2.05, 4.69) is 23.2 Å². The van der Waals surface area contributed by atoms with E-state index in [9.17, 15) is 4.79 Å². The summed E-state index contributed by atoms with van der Waals surface area (Å²) in [6.45, 7) is 2.92. The summed E-state index contributed by atoms with van der Waals surface area (Å²) in [6, 6.07) is 25.9. The van der Waals surface area contributed by atoms with Gasteiger partial charge in [0, 0.05) is 0 Å². The predicted molar refractivity (Wildman–Crippen MR) is 159 cm³/mol. The van der Waals surface area contributed by atoms with E-state index in [1.165, 1.54) is 44.9 Å². The number of azo groups is 1. The van der Waals surface area contributed by atoms with Crippen LogP contribution in [0.2, 0.25) is 5.02 Å². The van der Waals surface area contributed by atoms with E-state index in [4.69, 9.17) is 21.1 Å². The molecule has 4 rings (SSSR count). The molecule has 0 saturated carbocycles. The van der Waals surface area contributed by atoms with Gasteiger partial charge in [0.1, 0.15) is 11.5 Å². The molecule has 0 saturated heterocycles. The molecule has 6 heteroatoms. The highest BCUT2D eigenvalue weighted by Gasteiger charge is 2.12. The molecule has 0 N–H and O–H groups in total. The summed E-state index contributed by atoms with van der Waals surface area (Å²) in [5.74, 6) is 0.520. The van der Waals surface area contributed by atoms with Gasteiger partial charge in [-0.1, -0.05) is 93.8 Å². The number of esters is 1. The monoisotopic (exact) mass is 542 g/mol. The Hall–Kier alpha value is -3.70. The summed E-state index contributed by atoms with van der Waals surface area (Å²) >= 11 is 6.37. The molecule has 0 bridgehead atoms. The molecule has 0 aromatic heterocycles. The van der Waals surface area contributed by atoms with Crippen LogP contribution < -0.4 is 9.47 Å². The van der Waals surface area contributed by atoms with E-state index in [0.717, 1.165) is 28.6 Å². The highest BCUT2D eigenvalue weighted by atomic mass is 35.5. The molecule has 0 spiro atoms. The summed E-state index contributed by atoms with van der Waals surface area (Å²) < 4.78 is 11.3. The molecule has 202 valence electrons. The molecule has 0 heterocycles. The van der Waals surface area contributed by atoms with Crippen LogP contribution >= 0.6 is 11.6 Å². The second-order valence-corrected chi connectivity index (χ2v) is 9.99. The smallest absolute Gasteiger partial charge is 0.343 e. The van der Waals surface area contributed by atoms with Crippen molar-refractivity contribution in [2.24, 2.45) is 10.2 Å². The van der Waals surface area contributed by atoms with E-state index in [1.54, 1.807) is 42.5 Å². The van der Waals surface area contributed by atoms with E-state index in [1.807, 2.05) is 36.4 Å². The van der Waals surface area contributed by atoms with Crippen LogP contribution in [0.4, 0.5) is 11.4 Å². The SMILES string of the molecule is CCCCCCCCCCOc1ccc(C(=O)Oc2ccc(N=Nc3ccc4ccccc4c3)cc2Cl)cc1. The quantitative estimate of drug-likeness (QED) is 0.0688. The number of benzene rings is 4. The van der Waals surface area contributed by atoms with Crippen molar-refractivity contribution in [1.82, 2.24) is 0 Å². The van der Waals surface area contributed by atoms with Gasteiger partial charge in [0.15, 0.2) is 0 Å². The fourth-order valence-corrected chi connectivity index (χ4v) is 4.47. The molecule has 4 aromatic rings. The summed E-state index contributed by atoms with van der Waals surface area (Å²) in [4.78, 5) is 12.6. The molecule has 0 aliphatic heterocycles. The van der Waals surface area contributed by atoms with Crippen molar-refractivity contribution in [3.05, 3.63) is 95.5 Å². The number of fused-ring (bicyclic) bond motifs is 1.